The third-order valence-electron chi connectivity index (χ3n) is 4.57. The minimum Gasteiger partial charge on any atom is -1.00 e. The number of fused-ring (bicyclic) bond motifs is 1. The summed E-state index contributed by atoms with van der Waals surface area (Å²) in [6.45, 7) is 1.57. The quantitative estimate of drug-likeness (QED) is 0.406. The molecule has 3 aromatic carbocycles. The number of amides is 1. The van der Waals surface area contributed by atoms with E-state index >= 15 is 0 Å². The molecule has 0 N–H and O–H groups in total. The fourth-order valence-corrected chi connectivity index (χ4v) is 4.07. The van der Waals surface area contributed by atoms with Gasteiger partial charge in [0.15, 0.2) is 0 Å². The maximum absolute atomic E-state index is 13.2. The molecule has 0 aliphatic carbocycles. The molecular weight excluding hydrogens is 432 g/mol. The van der Waals surface area contributed by atoms with Gasteiger partial charge in [0.05, 0.1) is 0 Å². The van der Waals surface area contributed by atoms with Crippen molar-refractivity contribution in [3.05, 3.63) is 102 Å². The van der Waals surface area contributed by atoms with Crippen LogP contribution in [0.15, 0.2) is 90.4 Å². The van der Waals surface area contributed by atoms with Gasteiger partial charge in [-0.05, 0) is 17.2 Å². The molecular formula is C23H21BrN2OS. The van der Waals surface area contributed by atoms with Gasteiger partial charge >= 0.3 is 0 Å². The molecule has 1 aromatic heterocycles. The van der Waals surface area contributed by atoms with Crippen LogP contribution in [-0.2, 0) is 24.4 Å². The molecule has 0 aliphatic heterocycles. The van der Waals surface area contributed by atoms with Gasteiger partial charge in [-0.15, -0.1) is 0 Å². The highest BCUT2D eigenvalue weighted by Crippen LogP contribution is 2.16. The number of thiazole rings is 1. The van der Waals surface area contributed by atoms with Gasteiger partial charge in [0, 0.05) is 19.2 Å². The second-order valence-corrected chi connectivity index (χ2v) is 7.43. The van der Waals surface area contributed by atoms with Crippen molar-refractivity contribution in [2.24, 2.45) is 0 Å². The van der Waals surface area contributed by atoms with Crippen LogP contribution in [0, 0.1) is 0 Å². The Morgan fingerprint density at radius 2 is 1.32 bits per heavy atom. The Morgan fingerprint density at radius 3 is 1.93 bits per heavy atom. The average molecular weight is 453 g/mol. The SMILES string of the molecule is O=C(C[n+]1csc2ccccc21)N(Cc1ccccc1)Cc1ccccc1.[Br-]. The van der Waals surface area contributed by atoms with Crippen molar-refractivity contribution in [1.82, 2.24) is 4.90 Å². The largest absolute Gasteiger partial charge is 1.00 e. The van der Waals surface area contributed by atoms with E-state index in [1.54, 1.807) is 11.3 Å². The highest BCUT2D eigenvalue weighted by molar-refractivity contribution is 7.16. The number of benzene rings is 3. The normalized spacial score (nSPS) is 10.4. The van der Waals surface area contributed by atoms with Crippen LogP contribution in [0.4, 0.5) is 0 Å². The van der Waals surface area contributed by atoms with Crippen molar-refractivity contribution in [3.63, 3.8) is 0 Å². The predicted molar refractivity (Wildman–Crippen MR) is 109 cm³/mol. The Balaban J connectivity index is 0.00000225. The van der Waals surface area contributed by atoms with Crippen LogP contribution in [0.2, 0.25) is 0 Å². The van der Waals surface area contributed by atoms with Crippen molar-refractivity contribution in [2.75, 3.05) is 0 Å². The van der Waals surface area contributed by atoms with E-state index in [9.17, 15) is 4.79 Å². The van der Waals surface area contributed by atoms with Crippen molar-refractivity contribution in [2.45, 2.75) is 19.6 Å². The first-order chi connectivity index (χ1) is 13.3. The summed E-state index contributed by atoms with van der Waals surface area (Å²) in [6.07, 6.45) is 0. The van der Waals surface area contributed by atoms with Crippen molar-refractivity contribution < 1.29 is 26.3 Å². The Morgan fingerprint density at radius 1 is 0.786 bits per heavy atom. The molecule has 0 saturated heterocycles. The molecule has 0 fully saturated rings. The molecule has 0 bridgehead atoms. The number of carbonyl (C=O) groups excluding carboxylic acids is 1. The second-order valence-electron chi connectivity index (χ2n) is 6.54. The maximum atomic E-state index is 13.2. The van der Waals surface area contributed by atoms with Gasteiger partial charge in [0.25, 0.3) is 5.91 Å². The van der Waals surface area contributed by atoms with Crippen LogP contribution in [-0.4, -0.2) is 10.8 Å². The lowest BCUT2D eigenvalue weighted by molar-refractivity contribution is -0.655. The summed E-state index contributed by atoms with van der Waals surface area (Å²) in [5.41, 5.74) is 5.42. The summed E-state index contributed by atoms with van der Waals surface area (Å²) in [6, 6.07) is 28.5. The van der Waals surface area contributed by atoms with E-state index in [4.69, 9.17) is 0 Å². The minimum atomic E-state index is 0. The molecule has 0 radical (unpaired) electrons. The van der Waals surface area contributed by atoms with Gasteiger partial charge in [-0.25, -0.2) is 0 Å². The zero-order valence-corrected chi connectivity index (χ0v) is 17.8. The molecule has 5 heteroatoms. The summed E-state index contributed by atoms with van der Waals surface area (Å²) in [5.74, 6) is 0.122. The van der Waals surface area contributed by atoms with E-state index in [1.807, 2.05) is 63.5 Å². The van der Waals surface area contributed by atoms with Crippen LogP contribution in [0.3, 0.4) is 0 Å². The summed E-state index contributed by atoms with van der Waals surface area (Å²) in [5, 5.41) is 0. The number of aromatic nitrogens is 1. The third-order valence-corrected chi connectivity index (χ3v) is 5.53. The molecule has 1 amide bonds. The van der Waals surface area contributed by atoms with Crippen LogP contribution < -0.4 is 21.5 Å². The number of rotatable bonds is 6. The van der Waals surface area contributed by atoms with E-state index in [1.165, 1.54) is 4.70 Å². The zero-order chi connectivity index (χ0) is 18.5. The third kappa shape index (κ3) is 4.86. The lowest BCUT2D eigenvalue weighted by Crippen LogP contribution is -3.00. The van der Waals surface area contributed by atoms with Crippen LogP contribution in [0.25, 0.3) is 10.2 Å². The Kier molecular flexibility index (Phi) is 6.95. The molecule has 4 rings (SSSR count). The molecule has 0 unspecified atom stereocenters. The number of hydrogen-bond donors (Lipinski definition) is 0. The molecule has 0 saturated carbocycles. The summed E-state index contributed by atoms with van der Waals surface area (Å²) in [7, 11) is 0. The van der Waals surface area contributed by atoms with Crippen LogP contribution in [0.5, 0.6) is 0 Å². The molecule has 1 heterocycles. The fourth-order valence-electron chi connectivity index (χ4n) is 3.18. The van der Waals surface area contributed by atoms with Crippen molar-refractivity contribution in [3.8, 4) is 0 Å². The van der Waals surface area contributed by atoms with E-state index < -0.39 is 0 Å². The summed E-state index contributed by atoms with van der Waals surface area (Å²) < 4.78 is 3.24. The zero-order valence-electron chi connectivity index (χ0n) is 15.4. The lowest BCUT2D eigenvalue weighted by atomic mass is 10.1. The first-order valence-electron chi connectivity index (χ1n) is 9.01. The van der Waals surface area contributed by atoms with Gasteiger partial charge in [-0.1, -0.05) is 84.1 Å². The fraction of sp³-hybridized carbons (Fsp3) is 0.130. The van der Waals surface area contributed by atoms with E-state index in [0.29, 0.717) is 19.6 Å². The predicted octanol–water partition coefficient (Wildman–Crippen LogP) is 1.42. The van der Waals surface area contributed by atoms with E-state index in [2.05, 4.69) is 36.4 Å². The molecule has 142 valence electrons. The Bertz CT molecular complexity index is 993. The molecule has 0 atom stereocenters. The second kappa shape index (κ2) is 9.62. The van der Waals surface area contributed by atoms with Crippen molar-refractivity contribution >= 4 is 27.5 Å². The van der Waals surface area contributed by atoms with Crippen molar-refractivity contribution in [1.29, 1.82) is 0 Å². The van der Waals surface area contributed by atoms with Gasteiger partial charge in [-0.3, -0.25) is 4.79 Å². The number of nitrogens with zero attached hydrogens (tertiary/aromatic N) is 2. The highest BCUT2D eigenvalue weighted by Gasteiger charge is 2.21. The van der Waals surface area contributed by atoms with E-state index in [0.717, 1.165) is 16.6 Å². The Hall–Kier alpha value is -2.50. The van der Waals surface area contributed by atoms with Gasteiger partial charge in [0.2, 0.25) is 17.6 Å². The average Bonchev–Trinajstić information content (AvgIpc) is 3.12. The molecule has 0 aliphatic rings. The highest BCUT2D eigenvalue weighted by atomic mass is 79.9. The summed E-state index contributed by atoms with van der Waals surface area (Å²) in [4.78, 5) is 15.1. The van der Waals surface area contributed by atoms with E-state index in [-0.39, 0.29) is 22.9 Å². The number of hydrogen-bond acceptors (Lipinski definition) is 2. The lowest BCUT2D eigenvalue weighted by Gasteiger charge is -2.21. The minimum absolute atomic E-state index is 0. The number of carbonyl (C=O) groups is 1. The Labute approximate surface area is 179 Å². The smallest absolute Gasteiger partial charge is 0.289 e. The number of halogens is 1. The monoisotopic (exact) mass is 452 g/mol. The summed E-state index contributed by atoms with van der Waals surface area (Å²) >= 11 is 1.67. The number of para-hydroxylation sites is 1. The van der Waals surface area contributed by atoms with Crippen LogP contribution in [0.1, 0.15) is 11.1 Å². The molecule has 3 nitrogen and oxygen atoms in total. The molecule has 0 spiro atoms. The molecule has 28 heavy (non-hydrogen) atoms. The van der Waals surface area contributed by atoms with Gasteiger partial charge in [0.1, 0.15) is 4.70 Å². The standard InChI is InChI=1S/C23H21N2OS.BrH/c26-23(17-25-18-27-22-14-8-7-13-21(22)25)24(15-19-9-3-1-4-10-19)16-20-11-5-2-6-12-20;/h1-14,18H,15-17H2;1H/q+1;/p-1. The van der Waals surface area contributed by atoms with Gasteiger partial charge < -0.3 is 21.9 Å². The van der Waals surface area contributed by atoms with Crippen LogP contribution >= 0.6 is 11.3 Å². The first kappa shape index (κ1) is 20.2. The maximum Gasteiger partial charge on any atom is 0.289 e. The van der Waals surface area contributed by atoms with Gasteiger partial charge in [-0.2, -0.15) is 4.57 Å². The topological polar surface area (TPSA) is 24.2 Å². The first-order valence-corrected chi connectivity index (χ1v) is 9.89. The molecule has 4 aromatic rings.